The van der Waals surface area contributed by atoms with E-state index in [1.807, 2.05) is 6.07 Å². The van der Waals surface area contributed by atoms with E-state index in [-0.39, 0.29) is 0 Å². The van der Waals surface area contributed by atoms with Gasteiger partial charge in [-0.05, 0) is 230 Å². The van der Waals surface area contributed by atoms with Gasteiger partial charge in [0.2, 0.25) is 0 Å². The Morgan fingerprint density at radius 2 is 0.465 bits per heavy atom. The summed E-state index contributed by atoms with van der Waals surface area (Å²) < 4.78 is 17.9. The summed E-state index contributed by atoms with van der Waals surface area (Å²) in [5.74, 6) is 0. The molecule has 6 nitrogen and oxygen atoms in total. The van der Waals surface area contributed by atoms with E-state index in [0.717, 1.165) is 112 Å². The molecular weight excluding hydrogens is 1780 g/mol. The average molecular weight is 1870 g/mol. The van der Waals surface area contributed by atoms with Crippen molar-refractivity contribution in [2.24, 2.45) is 0 Å². The lowest BCUT2D eigenvalue weighted by molar-refractivity contribution is 0.668. The highest BCUT2D eigenvalue weighted by atomic mass is 28.3. The van der Waals surface area contributed by atoms with Crippen LogP contribution in [-0.4, -0.2) is 25.3 Å². The maximum atomic E-state index is 6.70. The molecule has 678 valence electrons. The van der Waals surface area contributed by atoms with Crippen LogP contribution in [0.5, 0.6) is 0 Å². The van der Waals surface area contributed by atoms with Crippen molar-refractivity contribution in [3.05, 3.63) is 570 Å². The summed E-state index contributed by atoms with van der Waals surface area (Å²) >= 11 is 0. The fourth-order valence-electron chi connectivity index (χ4n) is 22.9. The van der Waals surface area contributed by atoms with E-state index in [4.69, 9.17) is 8.83 Å². The first-order chi connectivity index (χ1) is 71.4. The van der Waals surface area contributed by atoms with Crippen molar-refractivity contribution in [2.45, 2.75) is 0 Å². The molecular formula is C136H94N4O2Si2. The molecule has 0 bridgehead atoms. The normalized spacial score (nSPS) is 11.8. The van der Waals surface area contributed by atoms with Crippen LogP contribution in [0.2, 0.25) is 0 Å². The fourth-order valence-corrected chi connectivity index (χ4v) is 32.3. The second-order valence-corrected chi connectivity index (χ2v) is 44.8. The smallest absolute Gasteiger partial charge is 0.179 e. The fraction of sp³-hybridized carbons (Fsp3) is 0. The Labute approximate surface area is 837 Å². The molecule has 0 radical (unpaired) electrons. The van der Waals surface area contributed by atoms with Crippen LogP contribution in [0.4, 0.5) is 34.1 Å². The number of hydrogen-bond acceptors (Lipinski definition) is 4. The SMILES string of the molecule is c1ccc(-n2c3ccccc3c3c(-c4ccc(-c5ccc(N(c6ccc([Si](c7ccccc7)(c7ccccc7)c7ccccc7)cc6)c6ccc7c(c6)oc6ccc8ccccc8c67)cc5)cc4)cccc32)cc1.c1ccc(-n2c3ccccc3c3c(-c4ccc(-c5ccc(N(c6ccc([Si](c7ccccc7)(c7ccccc7)c7ccccc7)cc6)c6cccc7oc8ccccc8c67)cc5)cc4)cccc32)cc1. The zero-order valence-electron chi connectivity index (χ0n) is 78.9. The summed E-state index contributed by atoms with van der Waals surface area (Å²) in [5, 5.41) is 22.6. The molecule has 27 aromatic rings. The Hall–Kier alpha value is -18.4. The van der Waals surface area contributed by atoms with Gasteiger partial charge in [-0.3, -0.25) is 0 Å². The Kier molecular flexibility index (Phi) is 21.9. The lowest BCUT2D eigenvalue weighted by Gasteiger charge is -2.35. The van der Waals surface area contributed by atoms with E-state index in [0.29, 0.717) is 0 Å². The molecule has 0 amide bonds. The summed E-state index contributed by atoms with van der Waals surface area (Å²) in [5.41, 5.74) is 26.4. The second-order valence-electron chi connectivity index (χ2n) is 37.2. The van der Waals surface area contributed by atoms with E-state index in [1.165, 1.54) is 118 Å². The van der Waals surface area contributed by atoms with Crippen molar-refractivity contribution in [3.63, 3.8) is 0 Å². The molecule has 144 heavy (non-hydrogen) atoms. The van der Waals surface area contributed by atoms with Gasteiger partial charge in [0.15, 0.2) is 16.1 Å². The van der Waals surface area contributed by atoms with Crippen molar-refractivity contribution >= 4 is 190 Å². The van der Waals surface area contributed by atoms with Gasteiger partial charge in [0.25, 0.3) is 0 Å². The minimum atomic E-state index is -2.74. The zero-order chi connectivity index (χ0) is 95.4. The number of furan rings is 2. The third-order valence-corrected chi connectivity index (χ3v) is 38.9. The first-order valence-corrected chi connectivity index (χ1v) is 53.4. The minimum Gasteiger partial charge on any atom is -0.456 e. The molecule has 4 aromatic heterocycles. The van der Waals surface area contributed by atoms with Gasteiger partial charge in [0.1, 0.15) is 22.3 Å². The molecule has 0 saturated heterocycles. The number of benzene rings is 23. The van der Waals surface area contributed by atoms with Gasteiger partial charge < -0.3 is 27.8 Å². The highest BCUT2D eigenvalue weighted by molar-refractivity contribution is 7.20. The monoisotopic (exact) mass is 1870 g/mol. The first-order valence-electron chi connectivity index (χ1n) is 49.4. The average Bonchev–Trinajstić information content (AvgIpc) is 1.49. The van der Waals surface area contributed by atoms with Gasteiger partial charge in [0, 0.05) is 83.6 Å². The van der Waals surface area contributed by atoms with Crippen molar-refractivity contribution in [2.75, 3.05) is 9.80 Å². The van der Waals surface area contributed by atoms with Crippen LogP contribution in [0.3, 0.4) is 0 Å². The van der Waals surface area contributed by atoms with Gasteiger partial charge in [-0.1, -0.05) is 431 Å². The first kappa shape index (κ1) is 85.9. The van der Waals surface area contributed by atoms with Gasteiger partial charge in [-0.15, -0.1) is 0 Å². The highest BCUT2D eigenvalue weighted by Crippen LogP contribution is 2.48. The summed E-state index contributed by atoms with van der Waals surface area (Å²) in [4.78, 5) is 4.76. The van der Waals surface area contributed by atoms with Crippen molar-refractivity contribution in [1.82, 2.24) is 9.13 Å². The maximum Gasteiger partial charge on any atom is 0.179 e. The Morgan fingerprint density at radius 3 is 0.896 bits per heavy atom. The molecule has 0 unspecified atom stereocenters. The third-order valence-electron chi connectivity index (χ3n) is 29.3. The van der Waals surface area contributed by atoms with E-state index in [2.05, 4.69) is 583 Å². The van der Waals surface area contributed by atoms with E-state index in [9.17, 15) is 0 Å². The molecule has 0 aliphatic rings. The lowest BCUT2D eigenvalue weighted by atomic mass is 9.97. The Balaban J connectivity index is 0.000000147. The number of nitrogens with zero attached hydrogens (tertiary/aromatic N) is 4. The number of rotatable bonds is 20. The lowest BCUT2D eigenvalue weighted by Crippen LogP contribution is -2.74. The molecule has 0 fully saturated rings. The van der Waals surface area contributed by atoms with Crippen molar-refractivity contribution in [1.29, 1.82) is 0 Å². The quantitative estimate of drug-likeness (QED) is 0.0563. The van der Waals surface area contributed by atoms with E-state index in [1.54, 1.807) is 0 Å². The van der Waals surface area contributed by atoms with Crippen LogP contribution in [0.1, 0.15) is 0 Å². The van der Waals surface area contributed by atoms with Crippen LogP contribution in [-0.2, 0) is 0 Å². The molecule has 0 spiro atoms. The maximum absolute atomic E-state index is 6.70. The largest absolute Gasteiger partial charge is 0.456 e. The molecule has 27 rings (SSSR count). The van der Waals surface area contributed by atoms with E-state index < -0.39 is 16.1 Å². The summed E-state index contributed by atoms with van der Waals surface area (Å²) in [6.45, 7) is 0. The van der Waals surface area contributed by atoms with Crippen LogP contribution < -0.4 is 51.3 Å². The second kappa shape index (κ2) is 36.7. The molecule has 23 aromatic carbocycles. The topological polar surface area (TPSA) is 42.6 Å². The third kappa shape index (κ3) is 14.8. The molecule has 8 heteroatoms. The number of para-hydroxylation sites is 5. The van der Waals surface area contributed by atoms with Crippen molar-refractivity contribution in [3.8, 4) is 55.9 Å². The molecule has 0 N–H and O–H groups in total. The van der Waals surface area contributed by atoms with Gasteiger partial charge in [-0.2, -0.15) is 0 Å². The van der Waals surface area contributed by atoms with Crippen molar-refractivity contribution < 1.29 is 8.83 Å². The number of anilines is 6. The molecule has 0 atom stereocenters. The van der Waals surface area contributed by atoms with Crippen LogP contribution >= 0.6 is 0 Å². The predicted octanol–water partition coefficient (Wildman–Crippen LogP) is 30.9. The zero-order valence-corrected chi connectivity index (χ0v) is 80.9. The summed E-state index contributed by atoms with van der Waals surface area (Å²) in [6, 6.07) is 208. The Morgan fingerprint density at radius 1 is 0.167 bits per heavy atom. The van der Waals surface area contributed by atoms with Gasteiger partial charge in [-0.25, -0.2) is 0 Å². The molecule has 0 aliphatic carbocycles. The minimum absolute atomic E-state index is 0.858. The predicted molar refractivity (Wildman–Crippen MR) is 612 cm³/mol. The highest BCUT2D eigenvalue weighted by Gasteiger charge is 2.43. The molecule has 0 aliphatic heterocycles. The van der Waals surface area contributed by atoms with Crippen LogP contribution in [0, 0.1) is 0 Å². The van der Waals surface area contributed by atoms with Gasteiger partial charge in [0.05, 0.1) is 33.1 Å². The van der Waals surface area contributed by atoms with E-state index >= 15 is 0 Å². The summed E-state index contributed by atoms with van der Waals surface area (Å²) in [6.07, 6.45) is 0. The summed E-state index contributed by atoms with van der Waals surface area (Å²) in [7, 11) is -5.47. The van der Waals surface area contributed by atoms with Gasteiger partial charge >= 0.3 is 0 Å². The van der Waals surface area contributed by atoms with Crippen LogP contribution in [0.25, 0.3) is 154 Å². The molecule has 0 saturated carbocycles. The number of fused-ring (bicyclic) bond motifs is 14. The van der Waals surface area contributed by atoms with Crippen LogP contribution in [0.15, 0.2) is 579 Å². The number of hydrogen-bond donors (Lipinski definition) is 0. The standard InChI is InChI=1S/C70H48N2OSi.C66H46N2OSi/c1-5-19-53(20-6-1)72-65-30-16-15-28-63(65)69-61(29-17-31-66(69)72)52-34-32-49(33-35-52)50-36-39-54(40-37-50)71(56-43-46-64-68(48-56)73-67-47-38-51-18-13-14-27-62(51)70(64)67)55-41-44-60(45-42-55)74(57-21-7-2-8-22-57,58-23-9-3-10-24-58)59-25-11-4-12-26-59;1-5-19-50(20-6-1)68-60-30-15-13-27-58(60)65-57(29-17-31-61(65)68)49-37-35-47(36-38-49)48-39-41-51(42-40-48)67(62-32-18-34-64-66(62)59-28-14-16-33-63(59)69-64)52-43-45-56(46-44-52)70(53-21-7-2-8-22-53,54-23-9-3-10-24-54)55-25-11-4-12-26-55/h1-48H;1-46H. The number of aromatic nitrogens is 2. The molecule has 4 heterocycles. The Bertz CT molecular complexity index is 9180.